The number of likely N-dealkylation sites (tertiary alicyclic amines) is 1. The first-order valence-corrected chi connectivity index (χ1v) is 8.92. The summed E-state index contributed by atoms with van der Waals surface area (Å²) in [6.07, 6.45) is 1.93. The highest BCUT2D eigenvalue weighted by Crippen LogP contribution is 2.37. The minimum atomic E-state index is -0.843. The van der Waals surface area contributed by atoms with Crippen LogP contribution in [-0.4, -0.2) is 48.2 Å². The average Bonchev–Trinajstić information content (AvgIpc) is 2.62. The molecule has 0 aliphatic carbocycles. The van der Waals surface area contributed by atoms with E-state index in [2.05, 4.69) is 0 Å². The van der Waals surface area contributed by atoms with Gasteiger partial charge < -0.3 is 19.5 Å². The van der Waals surface area contributed by atoms with Gasteiger partial charge in [-0.1, -0.05) is 18.5 Å². The van der Waals surface area contributed by atoms with Crippen molar-refractivity contribution < 1.29 is 24.2 Å². The van der Waals surface area contributed by atoms with E-state index in [1.807, 2.05) is 6.92 Å². The van der Waals surface area contributed by atoms with Crippen LogP contribution in [-0.2, 0) is 16.0 Å². The van der Waals surface area contributed by atoms with Gasteiger partial charge in [0.1, 0.15) is 13.2 Å². The zero-order valence-corrected chi connectivity index (χ0v) is 15.0. The van der Waals surface area contributed by atoms with Gasteiger partial charge in [0, 0.05) is 24.2 Å². The zero-order valence-electron chi connectivity index (χ0n) is 14.2. The number of hydrogen-bond acceptors (Lipinski definition) is 4. The average molecular weight is 368 g/mol. The Hall–Kier alpha value is -1.95. The molecule has 7 heteroatoms. The van der Waals surface area contributed by atoms with Crippen molar-refractivity contribution in [3.63, 3.8) is 0 Å². The Morgan fingerprint density at radius 1 is 1.28 bits per heavy atom. The summed E-state index contributed by atoms with van der Waals surface area (Å²) in [5.74, 6) is 0.231. The first-order chi connectivity index (χ1) is 11.9. The zero-order chi connectivity index (χ0) is 18.0. The summed E-state index contributed by atoms with van der Waals surface area (Å²) in [5.41, 5.74) is -0.177. The SMILES string of the molecule is CC[C@]1(C(=O)O)CCCN(C(=O)Cc2cc3c(cc2Cl)OCCO3)C1. The topological polar surface area (TPSA) is 76.1 Å². The number of carboxylic acid groups (broad SMARTS) is 1. The standard InChI is InChI=1S/C18H22ClNO5/c1-2-18(17(22)23)4-3-5-20(11-18)16(21)9-12-8-14-15(10-13(12)19)25-7-6-24-14/h8,10H,2-7,9,11H2,1H3,(H,22,23)/t18-/m0/s1. The maximum atomic E-state index is 12.7. The molecule has 136 valence electrons. The van der Waals surface area contributed by atoms with E-state index in [4.69, 9.17) is 21.1 Å². The molecule has 1 fully saturated rings. The summed E-state index contributed by atoms with van der Waals surface area (Å²) in [4.78, 5) is 26.0. The number of fused-ring (bicyclic) bond motifs is 1. The maximum Gasteiger partial charge on any atom is 0.311 e. The number of rotatable bonds is 4. The minimum Gasteiger partial charge on any atom is -0.486 e. The lowest BCUT2D eigenvalue weighted by molar-refractivity contribution is -0.155. The lowest BCUT2D eigenvalue weighted by atomic mass is 9.77. The summed E-state index contributed by atoms with van der Waals surface area (Å²) in [6, 6.07) is 3.41. The van der Waals surface area contributed by atoms with Crippen molar-refractivity contribution in [2.75, 3.05) is 26.3 Å². The van der Waals surface area contributed by atoms with Gasteiger partial charge in [0.15, 0.2) is 11.5 Å². The van der Waals surface area contributed by atoms with E-state index in [0.717, 1.165) is 0 Å². The van der Waals surface area contributed by atoms with Gasteiger partial charge in [-0.15, -0.1) is 0 Å². The first kappa shape index (κ1) is 17.9. The van der Waals surface area contributed by atoms with Crippen LogP contribution in [0.4, 0.5) is 0 Å². The summed E-state index contributed by atoms with van der Waals surface area (Å²) in [7, 11) is 0. The van der Waals surface area contributed by atoms with Gasteiger partial charge in [0.25, 0.3) is 0 Å². The second kappa shape index (κ2) is 7.12. The molecule has 0 bridgehead atoms. The van der Waals surface area contributed by atoms with Crippen LogP contribution >= 0.6 is 11.6 Å². The van der Waals surface area contributed by atoms with Crippen molar-refractivity contribution in [3.05, 3.63) is 22.7 Å². The Morgan fingerprint density at radius 2 is 1.96 bits per heavy atom. The van der Waals surface area contributed by atoms with Crippen LogP contribution in [0.15, 0.2) is 12.1 Å². The predicted molar refractivity (Wildman–Crippen MR) is 92.3 cm³/mol. The number of ether oxygens (including phenoxy) is 2. The molecule has 0 aromatic heterocycles. The monoisotopic (exact) mass is 367 g/mol. The van der Waals surface area contributed by atoms with E-state index in [0.29, 0.717) is 61.1 Å². The number of carboxylic acids is 1. The van der Waals surface area contributed by atoms with Gasteiger partial charge in [0.05, 0.1) is 11.8 Å². The lowest BCUT2D eigenvalue weighted by Crippen LogP contribution is -2.50. The third-order valence-corrected chi connectivity index (χ3v) is 5.46. The second-order valence-electron chi connectivity index (χ2n) is 6.62. The Bertz CT molecular complexity index is 692. The van der Waals surface area contributed by atoms with Crippen LogP contribution in [0.25, 0.3) is 0 Å². The molecule has 1 aromatic rings. The summed E-state index contributed by atoms with van der Waals surface area (Å²) >= 11 is 6.28. The number of aliphatic carboxylic acids is 1. The van der Waals surface area contributed by atoms with Gasteiger partial charge in [-0.05, 0) is 30.9 Å². The molecule has 2 aliphatic heterocycles. The third kappa shape index (κ3) is 3.54. The minimum absolute atomic E-state index is 0.114. The first-order valence-electron chi connectivity index (χ1n) is 8.54. The second-order valence-corrected chi connectivity index (χ2v) is 7.03. The highest BCUT2D eigenvalue weighted by molar-refractivity contribution is 6.31. The Labute approximate surface area is 151 Å². The number of carbonyl (C=O) groups is 2. The molecule has 0 unspecified atom stereocenters. The number of hydrogen-bond donors (Lipinski definition) is 1. The number of halogens is 1. The van der Waals surface area contributed by atoms with E-state index in [1.54, 1.807) is 17.0 Å². The molecule has 3 rings (SSSR count). The Kier molecular flexibility index (Phi) is 5.08. The van der Waals surface area contributed by atoms with Crippen molar-refractivity contribution >= 4 is 23.5 Å². The van der Waals surface area contributed by atoms with Crippen LogP contribution < -0.4 is 9.47 Å². The van der Waals surface area contributed by atoms with E-state index in [1.165, 1.54) is 0 Å². The van der Waals surface area contributed by atoms with Crippen LogP contribution in [0.1, 0.15) is 31.7 Å². The van der Waals surface area contributed by atoms with Crippen molar-refractivity contribution in [3.8, 4) is 11.5 Å². The van der Waals surface area contributed by atoms with Crippen LogP contribution in [0.2, 0.25) is 5.02 Å². The van der Waals surface area contributed by atoms with Crippen LogP contribution in [0, 0.1) is 5.41 Å². The normalized spacial score (nSPS) is 22.6. The van der Waals surface area contributed by atoms with Crippen LogP contribution in [0.3, 0.4) is 0 Å². The molecule has 1 aromatic carbocycles. The molecule has 1 saturated heterocycles. The Morgan fingerprint density at radius 3 is 2.60 bits per heavy atom. The third-order valence-electron chi connectivity index (χ3n) is 5.11. The van der Waals surface area contributed by atoms with Gasteiger partial charge in [-0.25, -0.2) is 0 Å². The number of amides is 1. The molecule has 0 saturated carbocycles. The molecule has 0 radical (unpaired) electrons. The summed E-state index contributed by atoms with van der Waals surface area (Å²) < 4.78 is 11.0. The van der Waals surface area contributed by atoms with E-state index < -0.39 is 11.4 Å². The molecule has 0 spiro atoms. The van der Waals surface area contributed by atoms with E-state index in [-0.39, 0.29) is 18.9 Å². The maximum absolute atomic E-state index is 12.7. The van der Waals surface area contributed by atoms with E-state index >= 15 is 0 Å². The molecule has 25 heavy (non-hydrogen) atoms. The van der Waals surface area contributed by atoms with Crippen molar-refractivity contribution in [2.45, 2.75) is 32.6 Å². The summed E-state index contributed by atoms with van der Waals surface area (Å²) in [6.45, 7) is 3.63. The number of carbonyl (C=O) groups excluding carboxylic acids is 1. The molecule has 2 heterocycles. The number of piperidine rings is 1. The predicted octanol–water partition coefficient (Wildman–Crippen LogP) is 2.76. The van der Waals surface area contributed by atoms with Crippen molar-refractivity contribution in [2.24, 2.45) is 5.41 Å². The van der Waals surface area contributed by atoms with Crippen LogP contribution in [0.5, 0.6) is 11.5 Å². The summed E-state index contributed by atoms with van der Waals surface area (Å²) in [5, 5.41) is 10.0. The lowest BCUT2D eigenvalue weighted by Gasteiger charge is -2.39. The fourth-order valence-electron chi connectivity index (χ4n) is 3.48. The quantitative estimate of drug-likeness (QED) is 0.885. The number of benzene rings is 1. The van der Waals surface area contributed by atoms with Crippen molar-refractivity contribution in [1.29, 1.82) is 0 Å². The highest BCUT2D eigenvalue weighted by Gasteiger charge is 2.42. The van der Waals surface area contributed by atoms with Gasteiger partial charge in [-0.3, -0.25) is 9.59 Å². The van der Waals surface area contributed by atoms with Gasteiger partial charge in [-0.2, -0.15) is 0 Å². The smallest absolute Gasteiger partial charge is 0.311 e. The fourth-order valence-corrected chi connectivity index (χ4v) is 3.70. The molecule has 1 atom stereocenters. The fraction of sp³-hybridized carbons (Fsp3) is 0.556. The largest absolute Gasteiger partial charge is 0.486 e. The number of nitrogens with zero attached hydrogens (tertiary/aromatic N) is 1. The van der Waals surface area contributed by atoms with Gasteiger partial charge >= 0.3 is 5.97 Å². The Balaban J connectivity index is 1.75. The van der Waals surface area contributed by atoms with Gasteiger partial charge in [0.2, 0.25) is 5.91 Å². The highest BCUT2D eigenvalue weighted by atomic mass is 35.5. The molecule has 1 amide bonds. The molecule has 2 aliphatic rings. The molecule has 1 N–H and O–H groups in total. The molecular formula is C18H22ClNO5. The van der Waals surface area contributed by atoms with E-state index in [9.17, 15) is 14.7 Å². The molecule has 6 nitrogen and oxygen atoms in total. The molecular weight excluding hydrogens is 346 g/mol. The van der Waals surface area contributed by atoms with Crippen molar-refractivity contribution in [1.82, 2.24) is 4.90 Å².